The van der Waals surface area contributed by atoms with Crippen molar-refractivity contribution in [3.05, 3.63) is 101 Å². The van der Waals surface area contributed by atoms with E-state index in [-0.39, 0.29) is 40.1 Å². The lowest BCUT2D eigenvalue weighted by molar-refractivity contribution is -0.137. The molecule has 3 aromatic rings. The first-order valence-electron chi connectivity index (χ1n) is 11.0. The van der Waals surface area contributed by atoms with Gasteiger partial charge in [-0.3, -0.25) is 15.2 Å². The van der Waals surface area contributed by atoms with Crippen LogP contribution >= 0.6 is 0 Å². The Bertz CT molecular complexity index is 1450. The largest absolute Gasteiger partial charge is 0.438 e. The molecule has 37 heavy (non-hydrogen) atoms. The number of nitrogens with zero attached hydrogens (tertiary/aromatic N) is 3. The second-order valence-corrected chi connectivity index (χ2v) is 7.90. The number of aryl methyl sites for hydroxylation is 1. The van der Waals surface area contributed by atoms with E-state index in [2.05, 4.69) is 25.6 Å². The number of benzene rings is 2. The molecular formula is C26H21F3N6O2. The lowest BCUT2D eigenvalue weighted by atomic mass is 10.1. The molecule has 188 valence electrons. The topological polar surface area (TPSA) is 112 Å². The van der Waals surface area contributed by atoms with Crippen molar-refractivity contribution < 1.29 is 22.7 Å². The molecule has 0 unspecified atom stereocenters. The van der Waals surface area contributed by atoms with Crippen LogP contribution in [0, 0.1) is 12.3 Å². The number of hydrogen-bond donors (Lipinski definition) is 3. The second-order valence-electron chi connectivity index (χ2n) is 7.90. The van der Waals surface area contributed by atoms with Crippen molar-refractivity contribution in [1.29, 1.82) is 5.41 Å². The van der Waals surface area contributed by atoms with Crippen LogP contribution in [0.25, 0.3) is 0 Å². The van der Waals surface area contributed by atoms with Gasteiger partial charge in [0.05, 0.1) is 11.1 Å². The lowest BCUT2D eigenvalue weighted by Crippen LogP contribution is -2.26. The zero-order valence-corrected chi connectivity index (χ0v) is 19.7. The number of amides is 1. The van der Waals surface area contributed by atoms with Crippen molar-refractivity contribution in [2.45, 2.75) is 13.1 Å². The molecule has 1 aliphatic rings. The number of ether oxygens (including phenoxy) is 1. The van der Waals surface area contributed by atoms with E-state index in [1.165, 1.54) is 30.5 Å². The number of nitrogens with one attached hydrogen (secondary N) is 3. The minimum Gasteiger partial charge on any atom is -0.438 e. The first-order chi connectivity index (χ1) is 17.7. The van der Waals surface area contributed by atoms with E-state index in [1.807, 2.05) is 0 Å². The van der Waals surface area contributed by atoms with E-state index < -0.39 is 17.6 Å². The average molecular weight is 506 g/mol. The fraction of sp³-hybridized carbons (Fsp3) is 0.115. The highest BCUT2D eigenvalue weighted by Gasteiger charge is 2.30. The Kier molecular flexibility index (Phi) is 7.14. The summed E-state index contributed by atoms with van der Waals surface area (Å²) in [5.41, 5.74) is 0.829. The minimum atomic E-state index is -4.53. The summed E-state index contributed by atoms with van der Waals surface area (Å²) in [4.78, 5) is 25.6. The number of anilines is 1. The van der Waals surface area contributed by atoms with Crippen LogP contribution in [0.2, 0.25) is 0 Å². The van der Waals surface area contributed by atoms with Crippen molar-refractivity contribution in [2.24, 2.45) is 9.98 Å². The number of hydrogen-bond acceptors (Lipinski definition) is 6. The first kappa shape index (κ1) is 25.3. The Morgan fingerprint density at radius 1 is 1.08 bits per heavy atom. The van der Waals surface area contributed by atoms with Crippen molar-refractivity contribution in [3.63, 3.8) is 0 Å². The first-order valence-corrected chi connectivity index (χ1v) is 11.0. The van der Waals surface area contributed by atoms with Gasteiger partial charge in [-0.2, -0.15) is 18.2 Å². The molecule has 0 spiro atoms. The van der Waals surface area contributed by atoms with Gasteiger partial charge in [0.15, 0.2) is 11.7 Å². The highest BCUT2D eigenvalue weighted by molar-refractivity contribution is 6.30. The fourth-order valence-corrected chi connectivity index (χ4v) is 3.36. The molecule has 0 aliphatic carbocycles. The molecule has 0 saturated carbocycles. The molecule has 0 fully saturated rings. The van der Waals surface area contributed by atoms with Crippen LogP contribution in [0.3, 0.4) is 0 Å². The summed E-state index contributed by atoms with van der Waals surface area (Å²) in [5.74, 6) is -0.123. The number of alkyl halides is 3. The molecule has 3 N–H and O–H groups in total. The number of aromatic nitrogens is 1. The number of carbonyl (C=O) groups excluding carboxylic acids is 1. The summed E-state index contributed by atoms with van der Waals surface area (Å²) >= 11 is 0. The van der Waals surface area contributed by atoms with E-state index in [0.29, 0.717) is 11.1 Å². The van der Waals surface area contributed by atoms with Gasteiger partial charge in [-0.15, -0.1) is 0 Å². The van der Waals surface area contributed by atoms with Crippen LogP contribution in [0.1, 0.15) is 27.0 Å². The van der Waals surface area contributed by atoms with E-state index in [4.69, 9.17) is 10.1 Å². The molecule has 8 nitrogen and oxygen atoms in total. The molecule has 0 atom stereocenters. The maximum atomic E-state index is 13.0. The number of aliphatic imine (C=N–C) groups is 2. The molecule has 1 aromatic heterocycles. The van der Waals surface area contributed by atoms with Crippen LogP contribution in [0.4, 0.5) is 18.9 Å². The Morgan fingerprint density at radius 2 is 1.89 bits per heavy atom. The van der Waals surface area contributed by atoms with Crippen molar-refractivity contribution in [1.82, 2.24) is 10.3 Å². The predicted molar refractivity (Wildman–Crippen MR) is 134 cm³/mol. The summed E-state index contributed by atoms with van der Waals surface area (Å²) in [6.07, 6.45) is 0.149. The van der Waals surface area contributed by atoms with Gasteiger partial charge in [0.25, 0.3) is 5.91 Å². The molecular weight excluding hydrogens is 485 g/mol. The highest BCUT2D eigenvalue weighted by atomic mass is 19.4. The van der Waals surface area contributed by atoms with Crippen LogP contribution < -0.4 is 15.4 Å². The van der Waals surface area contributed by atoms with Gasteiger partial charge in [0.1, 0.15) is 5.75 Å². The van der Waals surface area contributed by atoms with Crippen LogP contribution in [-0.4, -0.2) is 35.5 Å². The normalized spacial score (nSPS) is 14.6. The third-order valence-electron chi connectivity index (χ3n) is 5.22. The highest BCUT2D eigenvalue weighted by Crippen LogP contribution is 2.31. The fourth-order valence-electron chi connectivity index (χ4n) is 3.36. The van der Waals surface area contributed by atoms with Gasteiger partial charge >= 0.3 is 6.18 Å². The SMILES string of the molecule is CN/C=C1\C(=N)N=C(c2cccnc2)N=C1Oc1cc(C(=O)Nc2cccc(C(F)(F)F)c2)ccc1C. The zero-order chi connectivity index (χ0) is 26.6. The van der Waals surface area contributed by atoms with E-state index in [9.17, 15) is 18.0 Å². The Morgan fingerprint density at radius 3 is 2.59 bits per heavy atom. The Labute approximate surface area is 210 Å². The summed E-state index contributed by atoms with van der Waals surface area (Å²) in [6, 6.07) is 12.5. The summed E-state index contributed by atoms with van der Waals surface area (Å²) in [7, 11) is 1.65. The molecule has 0 saturated heterocycles. The quantitative estimate of drug-likeness (QED) is 0.453. The van der Waals surface area contributed by atoms with Gasteiger partial charge in [0, 0.05) is 42.5 Å². The smallest absolute Gasteiger partial charge is 0.416 e. The molecule has 1 aliphatic heterocycles. The molecule has 4 rings (SSSR count). The molecule has 0 bridgehead atoms. The molecule has 1 amide bonds. The van der Waals surface area contributed by atoms with Gasteiger partial charge < -0.3 is 15.4 Å². The van der Waals surface area contributed by atoms with Crippen molar-refractivity contribution in [3.8, 4) is 5.75 Å². The van der Waals surface area contributed by atoms with Gasteiger partial charge in [-0.1, -0.05) is 12.1 Å². The van der Waals surface area contributed by atoms with Crippen molar-refractivity contribution in [2.75, 3.05) is 12.4 Å². The maximum absolute atomic E-state index is 13.0. The van der Waals surface area contributed by atoms with Gasteiger partial charge in [0.2, 0.25) is 5.90 Å². The third kappa shape index (κ3) is 5.89. The summed E-state index contributed by atoms with van der Waals surface area (Å²) in [5, 5.41) is 13.7. The van der Waals surface area contributed by atoms with Crippen LogP contribution in [0.5, 0.6) is 5.75 Å². The summed E-state index contributed by atoms with van der Waals surface area (Å²) in [6.45, 7) is 1.76. The number of pyridine rings is 1. The number of carbonyl (C=O) groups is 1. The maximum Gasteiger partial charge on any atom is 0.416 e. The molecule has 2 aromatic carbocycles. The zero-order valence-electron chi connectivity index (χ0n) is 19.7. The van der Waals surface area contributed by atoms with Crippen molar-refractivity contribution >= 4 is 29.2 Å². The van der Waals surface area contributed by atoms with E-state index in [0.717, 1.165) is 12.1 Å². The van der Waals surface area contributed by atoms with Crippen LogP contribution in [0.15, 0.2) is 88.7 Å². The lowest BCUT2D eigenvalue weighted by Gasteiger charge is -2.18. The molecule has 0 radical (unpaired) electrons. The average Bonchev–Trinajstić information content (AvgIpc) is 2.87. The number of amidine groups is 2. The van der Waals surface area contributed by atoms with Gasteiger partial charge in [-0.05, 0) is 55.0 Å². The molecule has 2 heterocycles. The summed E-state index contributed by atoms with van der Waals surface area (Å²) < 4.78 is 45.1. The van der Waals surface area contributed by atoms with Gasteiger partial charge in [-0.25, -0.2) is 4.99 Å². The predicted octanol–water partition coefficient (Wildman–Crippen LogP) is 4.98. The standard InChI is InChI=1S/C26H21F3N6O2/c1-15-8-9-16(24(36)33-19-7-3-6-18(12-19)26(27,28)29)11-21(15)37-25-20(14-31-2)22(30)34-23(35-25)17-5-4-10-32-13-17/h3-14,30-31H,1-2H3,(H,33,36)/b20-14+,30-22?. The third-order valence-corrected chi connectivity index (χ3v) is 5.22. The second kappa shape index (κ2) is 10.4. The van der Waals surface area contributed by atoms with Crippen LogP contribution in [-0.2, 0) is 6.18 Å². The Hall–Kier alpha value is -4.80. The Balaban J connectivity index is 1.63. The van der Waals surface area contributed by atoms with E-state index in [1.54, 1.807) is 44.6 Å². The molecule has 11 heteroatoms. The minimum absolute atomic E-state index is 0.00420. The monoisotopic (exact) mass is 506 g/mol. The number of halogens is 3. The van der Waals surface area contributed by atoms with E-state index >= 15 is 0 Å². The number of rotatable bonds is 5.